The van der Waals surface area contributed by atoms with Gasteiger partial charge >= 0.3 is 23.9 Å². The predicted molar refractivity (Wildman–Crippen MR) is 163 cm³/mol. The maximum absolute atomic E-state index is 13.1. The third-order valence-corrected chi connectivity index (χ3v) is 6.68. The number of carbonyl (C=O) groups excluding carboxylic acids is 4. The van der Waals surface area contributed by atoms with E-state index in [0.717, 1.165) is 23.6 Å². The number of ether oxygens (including phenoxy) is 4. The second-order valence-electron chi connectivity index (χ2n) is 9.89. The zero-order valence-electron chi connectivity index (χ0n) is 24.8. The largest absolute Gasteiger partial charge is 0.463 e. The Morgan fingerprint density at radius 1 is 0.791 bits per heavy atom. The topological polar surface area (TPSA) is 105 Å². The van der Waals surface area contributed by atoms with Crippen molar-refractivity contribution >= 4 is 23.9 Å². The fourth-order valence-electron chi connectivity index (χ4n) is 4.15. The Labute approximate surface area is 252 Å². The van der Waals surface area contributed by atoms with Crippen molar-refractivity contribution in [3.63, 3.8) is 0 Å². The Hall–Kier alpha value is -4.72. The quantitative estimate of drug-likeness (QED) is 0.0775. The van der Waals surface area contributed by atoms with E-state index in [1.165, 1.54) is 6.07 Å². The average Bonchev–Trinajstić information content (AvgIpc) is 3.39. The van der Waals surface area contributed by atoms with Gasteiger partial charge in [-0.25, -0.2) is 19.2 Å². The Kier molecular flexibility index (Phi) is 13.2. The summed E-state index contributed by atoms with van der Waals surface area (Å²) in [6, 6.07) is 4.56. The third-order valence-electron chi connectivity index (χ3n) is 6.68. The molecular formula is C35H38O8. The summed E-state index contributed by atoms with van der Waals surface area (Å²) < 4.78 is 21.6. The van der Waals surface area contributed by atoms with E-state index in [0.29, 0.717) is 48.8 Å². The number of esters is 4. The number of carbonyl (C=O) groups is 4. The molecule has 1 aromatic rings. The van der Waals surface area contributed by atoms with Crippen molar-refractivity contribution in [2.24, 2.45) is 0 Å². The first kappa shape index (κ1) is 32.8. The van der Waals surface area contributed by atoms with Gasteiger partial charge in [0.15, 0.2) is 0 Å². The lowest BCUT2D eigenvalue weighted by atomic mass is 10.1. The summed E-state index contributed by atoms with van der Waals surface area (Å²) in [5.41, 5.74) is 3.54. The zero-order chi connectivity index (χ0) is 31.0. The molecule has 0 heterocycles. The first-order chi connectivity index (χ1) is 20.8. The molecule has 0 saturated heterocycles. The maximum Gasteiger partial charge on any atom is 0.343 e. The first-order valence-electron chi connectivity index (χ1n) is 14.4. The number of hydrogen-bond acceptors (Lipinski definition) is 8. The first-order valence-corrected chi connectivity index (χ1v) is 14.4. The van der Waals surface area contributed by atoms with Crippen LogP contribution < -0.4 is 4.74 Å². The normalized spacial score (nSPS) is 14.2. The van der Waals surface area contributed by atoms with Crippen molar-refractivity contribution in [2.45, 2.75) is 59.0 Å². The van der Waals surface area contributed by atoms with Crippen LogP contribution in [0.1, 0.15) is 68.3 Å². The van der Waals surface area contributed by atoms with Gasteiger partial charge in [-0.05, 0) is 69.7 Å². The van der Waals surface area contributed by atoms with Crippen molar-refractivity contribution < 1.29 is 38.1 Å². The number of allylic oxidation sites excluding steroid dienone is 8. The molecule has 43 heavy (non-hydrogen) atoms. The molecule has 226 valence electrons. The number of rotatable bonds is 14. The van der Waals surface area contributed by atoms with Crippen molar-refractivity contribution in [3.05, 3.63) is 113 Å². The van der Waals surface area contributed by atoms with Gasteiger partial charge in [-0.1, -0.05) is 67.2 Å². The van der Waals surface area contributed by atoms with Gasteiger partial charge in [0.1, 0.15) is 12.4 Å². The van der Waals surface area contributed by atoms with Crippen LogP contribution >= 0.6 is 0 Å². The van der Waals surface area contributed by atoms with Gasteiger partial charge in [-0.3, -0.25) is 0 Å². The minimum atomic E-state index is -0.638. The van der Waals surface area contributed by atoms with Gasteiger partial charge in [0.2, 0.25) is 0 Å². The van der Waals surface area contributed by atoms with E-state index in [4.69, 9.17) is 18.9 Å². The standard InChI is InChI=1S/C35H38O8/c1-4-26-12-10-14-28(18-16-26)34(38)43-30-20-19-29(24-42-33(37)27-13-9-11-25(3)15-17-27)31(23-30)35(39)41-22-8-6-7-21-40-32(36)5-2/h5,11-20,23H,2,4,6-10,21-22,24H2,1,3H3. The Bertz CT molecular complexity index is 1400. The van der Waals surface area contributed by atoms with Crippen molar-refractivity contribution in [1.29, 1.82) is 0 Å². The Balaban J connectivity index is 1.68. The van der Waals surface area contributed by atoms with Crippen LogP contribution in [-0.4, -0.2) is 37.1 Å². The summed E-state index contributed by atoms with van der Waals surface area (Å²) in [4.78, 5) is 49.9. The SMILES string of the molecule is C=CC(=O)OCCCCCOC(=O)c1cc(OC(=O)C2=CCC=C(CC)C=C2)ccc1COC(=O)C1=CCC=C(C)C=C1. The molecule has 2 aliphatic rings. The molecule has 0 aliphatic heterocycles. The van der Waals surface area contributed by atoms with Crippen LogP contribution in [0.15, 0.2) is 102 Å². The highest BCUT2D eigenvalue weighted by Crippen LogP contribution is 2.23. The molecule has 0 saturated carbocycles. The van der Waals surface area contributed by atoms with Crippen LogP contribution in [0.25, 0.3) is 0 Å². The number of unbranched alkanes of at least 4 members (excludes halogenated alkanes) is 2. The average molecular weight is 587 g/mol. The molecule has 0 spiro atoms. The van der Waals surface area contributed by atoms with Gasteiger partial charge in [0.05, 0.1) is 29.9 Å². The summed E-state index contributed by atoms with van der Waals surface area (Å²) in [6.45, 7) is 7.55. The van der Waals surface area contributed by atoms with Gasteiger partial charge in [0.25, 0.3) is 0 Å². The van der Waals surface area contributed by atoms with Crippen molar-refractivity contribution in [2.75, 3.05) is 13.2 Å². The molecular weight excluding hydrogens is 548 g/mol. The predicted octanol–water partition coefficient (Wildman–Crippen LogP) is 6.75. The molecule has 0 amide bonds. The van der Waals surface area contributed by atoms with Crippen LogP contribution in [0.3, 0.4) is 0 Å². The molecule has 0 unspecified atom stereocenters. The zero-order valence-corrected chi connectivity index (χ0v) is 24.8. The molecule has 8 heteroatoms. The smallest absolute Gasteiger partial charge is 0.343 e. The van der Waals surface area contributed by atoms with Gasteiger partial charge in [0, 0.05) is 11.6 Å². The summed E-state index contributed by atoms with van der Waals surface area (Å²) >= 11 is 0. The van der Waals surface area contributed by atoms with Crippen LogP contribution in [0.4, 0.5) is 0 Å². The lowest BCUT2D eigenvalue weighted by Gasteiger charge is -2.13. The summed E-state index contributed by atoms with van der Waals surface area (Å²) in [5.74, 6) is -2.02. The Morgan fingerprint density at radius 2 is 1.49 bits per heavy atom. The summed E-state index contributed by atoms with van der Waals surface area (Å²) in [5, 5.41) is 0. The van der Waals surface area contributed by atoms with Gasteiger partial charge in [-0.2, -0.15) is 0 Å². The molecule has 8 nitrogen and oxygen atoms in total. The van der Waals surface area contributed by atoms with Crippen LogP contribution in [0, 0.1) is 0 Å². The summed E-state index contributed by atoms with van der Waals surface area (Å²) in [6.07, 6.45) is 19.8. The molecule has 0 radical (unpaired) electrons. The van der Waals surface area contributed by atoms with E-state index < -0.39 is 23.9 Å². The van der Waals surface area contributed by atoms with E-state index in [9.17, 15) is 19.2 Å². The number of hydrogen-bond donors (Lipinski definition) is 0. The molecule has 0 atom stereocenters. The van der Waals surface area contributed by atoms with Crippen molar-refractivity contribution in [3.8, 4) is 5.75 Å². The highest BCUT2D eigenvalue weighted by atomic mass is 16.5. The fraction of sp³-hybridized carbons (Fsp3) is 0.314. The van der Waals surface area contributed by atoms with E-state index in [-0.39, 0.29) is 31.1 Å². The van der Waals surface area contributed by atoms with Gasteiger partial charge < -0.3 is 18.9 Å². The minimum absolute atomic E-state index is 0.126. The lowest BCUT2D eigenvalue weighted by Crippen LogP contribution is -2.14. The fourth-order valence-corrected chi connectivity index (χ4v) is 4.15. The van der Waals surface area contributed by atoms with Crippen LogP contribution in [-0.2, 0) is 35.2 Å². The van der Waals surface area contributed by atoms with Gasteiger partial charge in [-0.15, -0.1) is 0 Å². The van der Waals surface area contributed by atoms with E-state index in [1.807, 2.05) is 38.2 Å². The lowest BCUT2D eigenvalue weighted by molar-refractivity contribution is -0.140. The van der Waals surface area contributed by atoms with Crippen LogP contribution in [0.2, 0.25) is 0 Å². The van der Waals surface area contributed by atoms with Crippen molar-refractivity contribution in [1.82, 2.24) is 0 Å². The summed E-state index contributed by atoms with van der Waals surface area (Å²) in [7, 11) is 0. The molecule has 1 aromatic carbocycles. The highest BCUT2D eigenvalue weighted by Gasteiger charge is 2.19. The molecule has 3 rings (SSSR count). The Morgan fingerprint density at radius 3 is 2.23 bits per heavy atom. The monoisotopic (exact) mass is 586 g/mol. The minimum Gasteiger partial charge on any atom is -0.463 e. The maximum atomic E-state index is 13.1. The molecule has 0 bridgehead atoms. The van der Waals surface area contributed by atoms with E-state index >= 15 is 0 Å². The second-order valence-corrected chi connectivity index (χ2v) is 9.89. The van der Waals surface area contributed by atoms with E-state index in [1.54, 1.807) is 36.4 Å². The van der Waals surface area contributed by atoms with Crippen LogP contribution in [0.5, 0.6) is 5.75 Å². The highest BCUT2D eigenvalue weighted by molar-refractivity contribution is 5.95. The second kappa shape index (κ2) is 17.3. The molecule has 0 aromatic heterocycles. The molecule has 0 N–H and O–H groups in total. The third kappa shape index (κ3) is 10.9. The molecule has 0 fully saturated rings. The molecule has 2 aliphatic carbocycles. The number of benzene rings is 1. The van der Waals surface area contributed by atoms with E-state index in [2.05, 4.69) is 6.58 Å².